The minimum atomic E-state index is -1.47. The zero-order valence-electron chi connectivity index (χ0n) is 20.3. The molecule has 184 valence electrons. The summed E-state index contributed by atoms with van der Waals surface area (Å²) >= 11 is 1.34. The summed E-state index contributed by atoms with van der Waals surface area (Å²) in [5.74, 6) is -0.293. The standard InChI is InChI=1S/C23H34N2O6S2/c1-23(2,3)33(6,7)31-14-18(22(27)29-5)24-20(26)19-15-32-21(25-19)16-8-10-17(11-9-16)30-13-12-28-4/h8-11,15,18H,12-14H2,1-7H3,(H,24,26)/t18-/m0/s1. The fourth-order valence-corrected chi connectivity index (χ4v) is 4.04. The largest absolute Gasteiger partial charge is 0.491 e. The monoisotopic (exact) mass is 498 g/mol. The van der Waals surface area contributed by atoms with Crippen LogP contribution in [0.5, 0.6) is 5.75 Å². The maximum Gasteiger partial charge on any atom is 0.330 e. The first-order valence-corrected chi connectivity index (χ1v) is 13.7. The molecule has 1 aromatic heterocycles. The number of rotatable bonds is 11. The highest BCUT2D eigenvalue weighted by atomic mass is 32.3. The summed E-state index contributed by atoms with van der Waals surface area (Å²) in [6, 6.07) is 6.52. The minimum absolute atomic E-state index is 0.0273. The molecular formula is C23H34N2O6S2. The number of hydrogen-bond acceptors (Lipinski definition) is 8. The number of thiazole rings is 1. The summed E-state index contributed by atoms with van der Waals surface area (Å²) in [7, 11) is 1.44. The van der Waals surface area contributed by atoms with Crippen LogP contribution in [0.4, 0.5) is 0 Å². The third-order valence-electron chi connectivity index (χ3n) is 5.19. The molecule has 0 saturated carbocycles. The van der Waals surface area contributed by atoms with Crippen LogP contribution in [0.3, 0.4) is 0 Å². The molecule has 1 amide bonds. The Morgan fingerprint density at radius 2 is 1.79 bits per heavy atom. The van der Waals surface area contributed by atoms with Gasteiger partial charge in [-0.3, -0.25) is 4.79 Å². The van der Waals surface area contributed by atoms with Crippen LogP contribution in [0.2, 0.25) is 0 Å². The van der Waals surface area contributed by atoms with Crippen LogP contribution in [-0.2, 0) is 18.5 Å². The van der Waals surface area contributed by atoms with Gasteiger partial charge in [0, 0.05) is 22.8 Å². The van der Waals surface area contributed by atoms with Crippen molar-refractivity contribution in [2.24, 2.45) is 0 Å². The van der Waals surface area contributed by atoms with E-state index in [0.717, 1.165) is 11.3 Å². The highest BCUT2D eigenvalue weighted by Gasteiger charge is 2.32. The summed E-state index contributed by atoms with van der Waals surface area (Å²) in [5.41, 5.74) is 1.09. The lowest BCUT2D eigenvalue weighted by Crippen LogP contribution is -2.45. The number of amides is 1. The minimum Gasteiger partial charge on any atom is -0.491 e. The van der Waals surface area contributed by atoms with Crippen molar-refractivity contribution in [2.75, 3.05) is 46.6 Å². The maximum absolute atomic E-state index is 12.8. The van der Waals surface area contributed by atoms with E-state index in [4.69, 9.17) is 18.4 Å². The van der Waals surface area contributed by atoms with Gasteiger partial charge in [-0.05, 0) is 36.8 Å². The van der Waals surface area contributed by atoms with E-state index in [1.807, 2.05) is 36.8 Å². The van der Waals surface area contributed by atoms with Crippen LogP contribution >= 0.6 is 21.6 Å². The zero-order chi connectivity index (χ0) is 24.6. The quantitative estimate of drug-likeness (QED) is 0.371. The Kier molecular flexibility index (Phi) is 9.71. The molecule has 0 bridgehead atoms. The molecule has 0 unspecified atom stereocenters. The van der Waals surface area contributed by atoms with Gasteiger partial charge in [-0.25, -0.2) is 9.78 Å². The van der Waals surface area contributed by atoms with E-state index in [2.05, 4.69) is 31.1 Å². The summed E-state index contributed by atoms with van der Waals surface area (Å²) in [5, 5.41) is 5.05. The fraction of sp³-hybridized carbons (Fsp3) is 0.522. The van der Waals surface area contributed by atoms with E-state index in [-0.39, 0.29) is 17.0 Å². The topological polar surface area (TPSA) is 96.0 Å². The van der Waals surface area contributed by atoms with Gasteiger partial charge >= 0.3 is 5.97 Å². The van der Waals surface area contributed by atoms with Crippen molar-refractivity contribution in [3.63, 3.8) is 0 Å². The van der Waals surface area contributed by atoms with Gasteiger partial charge < -0.3 is 23.7 Å². The van der Waals surface area contributed by atoms with Gasteiger partial charge in [0.1, 0.15) is 23.1 Å². The number of carbonyl (C=O) groups is 2. The summed E-state index contributed by atoms with van der Waals surface area (Å²) in [6.45, 7) is 7.27. The molecule has 10 heteroatoms. The van der Waals surface area contributed by atoms with Crippen molar-refractivity contribution >= 4 is 33.5 Å². The predicted molar refractivity (Wildman–Crippen MR) is 133 cm³/mol. The molecule has 1 heterocycles. The van der Waals surface area contributed by atoms with Crippen molar-refractivity contribution in [2.45, 2.75) is 31.6 Å². The van der Waals surface area contributed by atoms with Gasteiger partial charge in [0.25, 0.3) is 5.91 Å². The van der Waals surface area contributed by atoms with Crippen molar-refractivity contribution in [3.05, 3.63) is 35.3 Å². The molecule has 1 atom stereocenters. The molecule has 2 aromatic rings. The number of nitrogens with one attached hydrogen (secondary N) is 1. The summed E-state index contributed by atoms with van der Waals surface area (Å²) < 4.78 is 21.4. The number of carbonyl (C=O) groups excluding carboxylic acids is 2. The van der Waals surface area contributed by atoms with Gasteiger partial charge in [0.2, 0.25) is 0 Å². The molecule has 0 aliphatic heterocycles. The van der Waals surface area contributed by atoms with Crippen LogP contribution in [0.15, 0.2) is 29.6 Å². The number of benzene rings is 1. The second kappa shape index (κ2) is 11.8. The van der Waals surface area contributed by atoms with Crippen LogP contribution in [0.25, 0.3) is 10.6 Å². The Bertz CT molecular complexity index is 922. The first kappa shape index (κ1) is 27.1. The van der Waals surface area contributed by atoms with Crippen LogP contribution in [0, 0.1) is 0 Å². The number of methoxy groups -OCH3 is 2. The number of hydrogen-bond donors (Lipinski definition) is 1. The molecule has 0 aliphatic carbocycles. The predicted octanol–water partition coefficient (Wildman–Crippen LogP) is 3.90. The van der Waals surface area contributed by atoms with Gasteiger partial charge in [0.05, 0.1) is 20.3 Å². The molecule has 1 N–H and O–H groups in total. The molecule has 0 radical (unpaired) electrons. The second-order valence-electron chi connectivity index (χ2n) is 8.58. The van der Waals surface area contributed by atoms with Crippen LogP contribution < -0.4 is 10.1 Å². The van der Waals surface area contributed by atoms with Crippen LogP contribution in [-0.4, -0.2) is 74.2 Å². The Balaban J connectivity index is 2.05. The zero-order valence-corrected chi connectivity index (χ0v) is 21.9. The highest BCUT2D eigenvalue weighted by molar-refractivity contribution is 8.29. The molecule has 1 aromatic carbocycles. The summed E-state index contributed by atoms with van der Waals surface area (Å²) in [6.07, 6.45) is 4.06. The van der Waals surface area contributed by atoms with Gasteiger partial charge in [-0.15, -0.1) is 21.6 Å². The highest BCUT2D eigenvalue weighted by Crippen LogP contribution is 2.53. The molecule has 0 saturated heterocycles. The Morgan fingerprint density at radius 1 is 1.12 bits per heavy atom. The average Bonchev–Trinajstić information content (AvgIpc) is 3.26. The van der Waals surface area contributed by atoms with Crippen LogP contribution in [0.1, 0.15) is 31.3 Å². The third-order valence-corrected chi connectivity index (χ3v) is 9.76. The Labute approximate surface area is 201 Å². The molecule has 0 spiro atoms. The van der Waals surface area contributed by atoms with E-state index < -0.39 is 28.2 Å². The SMILES string of the molecule is COCCOc1ccc(-c2nc(C(=O)N[C@@H](COS(C)(C)C(C)(C)C)C(=O)OC)cs2)cc1. The first-order chi connectivity index (χ1) is 15.5. The van der Waals surface area contributed by atoms with E-state index in [0.29, 0.717) is 18.2 Å². The lowest BCUT2D eigenvalue weighted by atomic mass is 10.2. The number of ether oxygens (including phenoxy) is 3. The van der Waals surface area contributed by atoms with Gasteiger partial charge in [-0.2, -0.15) is 0 Å². The molecule has 8 nitrogen and oxygen atoms in total. The van der Waals surface area contributed by atoms with Crippen molar-refractivity contribution in [1.29, 1.82) is 0 Å². The second-order valence-corrected chi connectivity index (χ2v) is 13.4. The molecule has 0 fully saturated rings. The van der Waals surface area contributed by atoms with Gasteiger partial charge in [-0.1, -0.05) is 20.8 Å². The molecule has 2 rings (SSSR count). The van der Waals surface area contributed by atoms with E-state index in [1.54, 1.807) is 12.5 Å². The van der Waals surface area contributed by atoms with Gasteiger partial charge in [0.15, 0.2) is 6.04 Å². The van der Waals surface area contributed by atoms with Crippen molar-refractivity contribution < 1.29 is 28.0 Å². The molecule has 0 aliphatic rings. The average molecular weight is 499 g/mol. The Morgan fingerprint density at radius 3 is 2.36 bits per heavy atom. The summed E-state index contributed by atoms with van der Waals surface area (Å²) in [4.78, 5) is 29.5. The van der Waals surface area contributed by atoms with Crippen molar-refractivity contribution in [1.82, 2.24) is 10.3 Å². The number of aromatic nitrogens is 1. The third kappa shape index (κ3) is 7.70. The maximum atomic E-state index is 12.8. The normalized spacial score (nSPS) is 13.3. The molecule has 33 heavy (non-hydrogen) atoms. The van der Waals surface area contributed by atoms with E-state index in [1.165, 1.54) is 18.4 Å². The smallest absolute Gasteiger partial charge is 0.330 e. The lowest BCUT2D eigenvalue weighted by Gasteiger charge is -2.44. The van der Waals surface area contributed by atoms with Crippen molar-refractivity contribution in [3.8, 4) is 16.3 Å². The fourth-order valence-electron chi connectivity index (χ4n) is 2.41. The number of esters is 1. The number of nitrogens with zero attached hydrogens (tertiary/aromatic N) is 1. The van der Waals surface area contributed by atoms with E-state index >= 15 is 0 Å². The Hall–Kier alpha value is -2.14. The lowest BCUT2D eigenvalue weighted by molar-refractivity contribution is -0.143. The first-order valence-electron chi connectivity index (χ1n) is 10.4. The van der Waals surface area contributed by atoms with E-state index in [9.17, 15) is 9.59 Å². The molecular weight excluding hydrogens is 464 g/mol.